The van der Waals surface area contributed by atoms with Crippen molar-refractivity contribution in [1.82, 2.24) is 4.31 Å². The molecular formula is C26H19NO5S2. The zero-order valence-corrected chi connectivity index (χ0v) is 19.4. The molecule has 1 aliphatic heterocycles. The standard InChI is InChI=1S/C26H19NO5S2/c28-25(19-9-5-2-6-10-19)20-13-11-17(12-14-20)21-15-23-22(33-21)16-27(34(23,31)32)24(26(29)30)18-7-3-1-4-8-18/h1-15,24H,16H2,(H,29,30)/t24-/m1/s1. The summed E-state index contributed by atoms with van der Waals surface area (Å²) in [5.41, 5.74) is 2.35. The Bertz CT molecular complexity index is 1480. The maximum absolute atomic E-state index is 13.3. The first-order chi connectivity index (χ1) is 16.4. The molecule has 2 heterocycles. The average Bonchev–Trinajstić information content (AvgIpc) is 3.38. The molecule has 6 nitrogen and oxygen atoms in total. The second-order valence-corrected chi connectivity index (χ2v) is 10.9. The van der Waals surface area contributed by atoms with Crippen LogP contribution in [-0.4, -0.2) is 29.6 Å². The number of carbonyl (C=O) groups is 2. The Morgan fingerprint density at radius 2 is 1.44 bits per heavy atom. The molecule has 4 aromatic rings. The predicted molar refractivity (Wildman–Crippen MR) is 129 cm³/mol. The molecule has 34 heavy (non-hydrogen) atoms. The third-order valence-corrected chi connectivity index (χ3v) is 8.94. The predicted octanol–water partition coefficient (Wildman–Crippen LogP) is 4.98. The van der Waals surface area contributed by atoms with Gasteiger partial charge in [0.2, 0.25) is 10.0 Å². The summed E-state index contributed by atoms with van der Waals surface area (Å²) in [6.07, 6.45) is 0. The van der Waals surface area contributed by atoms with E-state index in [0.29, 0.717) is 21.6 Å². The Hall–Kier alpha value is -3.59. The van der Waals surface area contributed by atoms with E-state index in [1.54, 1.807) is 72.8 Å². The van der Waals surface area contributed by atoms with Crippen LogP contribution in [0.25, 0.3) is 10.4 Å². The number of sulfonamides is 1. The van der Waals surface area contributed by atoms with Crippen LogP contribution in [0.1, 0.15) is 32.4 Å². The summed E-state index contributed by atoms with van der Waals surface area (Å²) in [5.74, 6) is -1.30. The number of hydrogen-bond donors (Lipinski definition) is 1. The molecule has 0 radical (unpaired) electrons. The van der Waals surface area contributed by atoms with E-state index < -0.39 is 22.0 Å². The summed E-state index contributed by atoms with van der Waals surface area (Å²) in [5, 5.41) is 9.79. The first kappa shape index (κ1) is 22.2. The molecule has 0 bridgehead atoms. The first-order valence-corrected chi connectivity index (χ1v) is 12.7. The number of fused-ring (bicyclic) bond motifs is 1. The van der Waals surface area contributed by atoms with E-state index in [9.17, 15) is 23.1 Å². The summed E-state index contributed by atoms with van der Waals surface area (Å²) in [7, 11) is -3.97. The van der Waals surface area contributed by atoms with Gasteiger partial charge >= 0.3 is 5.97 Å². The molecule has 1 atom stereocenters. The number of carboxylic acid groups (broad SMARTS) is 1. The Morgan fingerprint density at radius 1 is 0.853 bits per heavy atom. The molecule has 0 saturated heterocycles. The minimum absolute atomic E-state index is 0.00122. The van der Waals surface area contributed by atoms with Crippen molar-refractivity contribution in [1.29, 1.82) is 0 Å². The van der Waals surface area contributed by atoms with Crippen LogP contribution >= 0.6 is 11.3 Å². The monoisotopic (exact) mass is 489 g/mol. The number of nitrogens with zero attached hydrogens (tertiary/aromatic N) is 1. The van der Waals surface area contributed by atoms with Crippen LogP contribution in [0.5, 0.6) is 0 Å². The van der Waals surface area contributed by atoms with Crippen molar-refractivity contribution in [3.63, 3.8) is 0 Å². The molecule has 0 spiro atoms. The van der Waals surface area contributed by atoms with E-state index in [1.807, 2.05) is 18.2 Å². The van der Waals surface area contributed by atoms with Gasteiger partial charge in [-0.2, -0.15) is 4.31 Å². The van der Waals surface area contributed by atoms with E-state index in [-0.39, 0.29) is 17.2 Å². The molecule has 5 rings (SSSR count). The van der Waals surface area contributed by atoms with E-state index in [2.05, 4.69) is 0 Å². The lowest BCUT2D eigenvalue weighted by molar-refractivity contribution is -0.141. The van der Waals surface area contributed by atoms with Crippen LogP contribution in [0.4, 0.5) is 0 Å². The van der Waals surface area contributed by atoms with Crippen molar-refractivity contribution in [2.75, 3.05) is 0 Å². The fourth-order valence-corrected chi connectivity index (χ4v) is 7.39. The Labute approximate surface area is 200 Å². The van der Waals surface area contributed by atoms with Gasteiger partial charge in [0.1, 0.15) is 6.04 Å². The number of rotatable bonds is 6. The SMILES string of the molecule is O=C(c1ccccc1)c1ccc(-c2cc3c(s2)CN([C@@H](C(=O)O)c2ccccc2)S3(=O)=O)cc1. The van der Waals surface area contributed by atoms with Gasteiger partial charge in [-0.1, -0.05) is 84.9 Å². The van der Waals surface area contributed by atoms with Gasteiger partial charge in [0, 0.05) is 20.9 Å². The molecule has 1 aromatic heterocycles. The zero-order chi connectivity index (χ0) is 23.9. The number of carbonyl (C=O) groups excluding carboxylic acids is 1. The lowest BCUT2D eigenvalue weighted by Gasteiger charge is -2.23. The highest BCUT2D eigenvalue weighted by Gasteiger charge is 2.44. The highest BCUT2D eigenvalue weighted by molar-refractivity contribution is 7.89. The summed E-state index contributed by atoms with van der Waals surface area (Å²) in [4.78, 5) is 26.1. The molecule has 170 valence electrons. The van der Waals surface area contributed by atoms with Crippen molar-refractivity contribution in [2.24, 2.45) is 0 Å². The fourth-order valence-electron chi connectivity index (χ4n) is 4.08. The lowest BCUT2D eigenvalue weighted by Crippen LogP contribution is -2.34. The van der Waals surface area contributed by atoms with Crippen molar-refractivity contribution in [3.05, 3.63) is 113 Å². The van der Waals surface area contributed by atoms with E-state index in [4.69, 9.17) is 0 Å². The summed E-state index contributed by atoms with van der Waals surface area (Å²) >= 11 is 1.32. The third-order valence-electron chi connectivity index (χ3n) is 5.76. The highest BCUT2D eigenvalue weighted by atomic mass is 32.2. The maximum Gasteiger partial charge on any atom is 0.326 e. The summed E-state index contributed by atoms with van der Waals surface area (Å²) in [6.45, 7) is -0.00122. The van der Waals surface area contributed by atoms with Gasteiger partial charge in [0.05, 0.1) is 11.4 Å². The molecule has 1 N–H and O–H groups in total. The lowest BCUT2D eigenvalue weighted by atomic mass is 10.0. The molecule has 0 aliphatic carbocycles. The van der Waals surface area contributed by atoms with Gasteiger partial charge in [0.25, 0.3) is 0 Å². The van der Waals surface area contributed by atoms with Gasteiger partial charge in [0.15, 0.2) is 5.78 Å². The van der Waals surface area contributed by atoms with Gasteiger partial charge in [-0.25, -0.2) is 8.42 Å². The third kappa shape index (κ3) is 3.86. The van der Waals surface area contributed by atoms with E-state index in [0.717, 1.165) is 14.7 Å². The number of ketones is 1. The van der Waals surface area contributed by atoms with Crippen LogP contribution in [0.2, 0.25) is 0 Å². The Balaban J connectivity index is 1.43. The number of benzene rings is 3. The van der Waals surface area contributed by atoms with Crippen molar-refractivity contribution in [3.8, 4) is 10.4 Å². The van der Waals surface area contributed by atoms with Gasteiger partial charge in [-0.05, 0) is 17.2 Å². The van der Waals surface area contributed by atoms with Crippen LogP contribution in [0, 0.1) is 0 Å². The molecule has 1 aliphatic rings. The summed E-state index contributed by atoms with van der Waals surface area (Å²) in [6, 6.07) is 24.7. The molecular weight excluding hydrogens is 470 g/mol. The zero-order valence-electron chi connectivity index (χ0n) is 17.8. The minimum atomic E-state index is -3.97. The topological polar surface area (TPSA) is 91.8 Å². The Morgan fingerprint density at radius 3 is 2.03 bits per heavy atom. The highest BCUT2D eigenvalue weighted by Crippen LogP contribution is 2.44. The largest absolute Gasteiger partial charge is 0.480 e. The number of thiophene rings is 1. The second kappa shape index (κ2) is 8.64. The molecule has 0 amide bonds. The maximum atomic E-state index is 13.3. The number of aliphatic carboxylic acids is 1. The smallest absolute Gasteiger partial charge is 0.326 e. The molecule has 0 fully saturated rings. The van der Waals surface area contributed by atoms with Gasteiger partial charge in [-0.15, -0.1) is 11.3 Å². The fraction of sp³-hybridized carbons (Fsp3) is 0.0769. The van der Waals surface area contributed by atoms with Gasteiger partial charge in [-0.3, -0.25) is 9.59 Å². The molecule has 0 saturated carbocycles. The number of carboxylic acids is 1. The van der Waals surface area contributed by atoms with Crippen molar-refractivity contribution < 1.29 is 23.1 Å². The van der Waals surface area contributed by atoms with Crippen molar-refractivity contribution >= 4 is 33.1 Å². The molecule has 3 aromatic carbocycles. The molecule has 0 unspecified atom stereocenters. The van der Waals surface area contributed by atoms with Crippen molar-refractivity contribution in [2.45, 2.75) is 17.5 Å². The van der Waals surface area contributed by atoms with Crippen LogP contribution in [0.3, 0.4) is 0 Å². The summed E-state index contributed by atoms with van der Waals surface area (Å²) < 4.78 is 27.6. The first-order valence-electron chi connectivity index (χ1n) is 10.5. The molecule has 8 heteroatoms. The Kier molecular flexibility index (Phi) is 5.65. The van der Waals surface area contributed by atoms with Crippen LogP contribution < -0.4 is 0 Å². The number of hydrogen-bond acceptors (Lipinski definition) is 5. The minimum Gasteiger partial charge on any atom is -0.480 e. The second-order valence-electron chi connectivity index (χ2n) is 7.87. The van der Waals surface area contributed by atoms with E-state index >= 15 is 0 Å². The van der Waals surface area contributed by atoms with Gasteiger partial charge < -0.3 is 5.11 Å². The van der Waals surface area contributed by atoms with Crippen LogP contribution in [-0.2, 0) is 21.4 Å². The quantitative estimate of drug-likeness (QED) is 0.386. The van der Waals surface area contributed by atoms with Crippen LogP contribution in [0.15, 0.2) is 95.9 Å². The normalized spacial score (nSPS) is 15.5. The van der Waals surface area contributed by atoms with E-state index in [1.165, 1.54) is 11.3 Å². The average molecular weight is 490 g/mol.